The van der Waals surface area contributed by atoms with Crippen LogP contribution in [-0.2, 0) is 22.4 Å². The standard InChI is InChI=1S/C25H23NO2/c27-25-22(15-18-9-3-1-4-10-18)21-14-8-7-13-20(21)16-24-26(25)23(17-28-24)19-11-5-2-6-12-19/h1-14,22-24H,15-17H2/t22-,23-,24-/m1/s1. The van der Waals surface area contributed by atoms with E-state index in [0.717, 1.165) is 17.5 Å². The zero-order valence-corrected chi connectivity index (χ0v) is 15.7. The van der Waals surface area contributed by atoms with Crippen LogP contribution in [0.15, 0.2) is 84.9 Å². The molecule has 2 heterocycles. The molecule has 2 aliphatic rings. The molecular formula is C25H23NO2. The smallest absolute Gasteiger partial charge is 0.233 e. The Morgan fingerprint density at radius 1 is 0.857 bits per heavy atom. The van der Waals surface area contributed by atoms with Gasteiger partial charge in [-0.05, 0) is 28.7 Å². The van der Waals surface area contributed by atoms with Crippen LogP contribution in [0.1, 0.15) is 34.2 Å². The van der Waals surface area contributed by atoms with Crippen molar-refractivity contribution in [2.75, 3.05) is 6.61 Å². The summed E-state index contributed by atoms with van der Waals surface area (Å²) in [5.74, 6) is -0.0123. The second-order valence-electron chi connectivity index (χ2n) is 7.61. The highest BCUT2D eigenvalue weighted by molar-refractivity contribution is 5.86. The van der Waals surface area contributed by atoms with Crippen molar-refractivity contribution < 1.29 is 9.53 Å². The SMILES string of the molecule is O=C1[C@H](Cc2ccccc2)c2ccccc2C[C@H]2OC[C@H](c3ccccc3)N12. The van der Waals surface area contributed by atoms with Crippen LogP contribution in [0.2, 0.25) is 0 Å². The van der Waals surface area contributed by atoms with E-state index in [-0.39, 0.29) is 24.1 Å². The van der Waals surface area contributed by atoms with Gasteiger partial charge in [-0.3, -0.25) is 4.79 Å². The van der Waals surface area contributed by atoms with E-state index in [1.54, 1.807) is 0 Å². The number of hydrogen-bond acceptors (Lipinski definition) is 2. The summed E-state index contributed by atoms with van der Waals surface area (Å²) in [4.78, 5) is 15.8. The second-order valence-corrected chi connectivity index (χ2v) is 7.61. The molecule has 3 heteroatoms. The maximum absolute atomic E-state index is 13.8. The Labute approximate surface area is 165 Å². The van der Waals surface area contributed by atoms with Crippen molar-refractivity contribution >= 4 is 5.91 Å². The van der Waals surface area contributed by atoms with Crippen LogP contribution in [-0.4, -0.2) is 23.6 Å². The number of fused-ring (bicyclic) bond motifs is 2. The summed E-state index contributed by atoms with van der Waals surface area (Å²) >= 11 is 0. The third-order valence-electron chi connectivity index (χ3n) is 5.94. The van der Waals surface area contributed by atoms with Crippen molar-refractivity contribution in [2.45, 2.75) is 31.0 Å². The van der Waals surface area contributed by atoms with E-state index in [9.17, 15) is 4.79 Å². The summed E-state index contributed by atoms with van der Waals surface area (Å²) in [6, 6.07) is 28.9. The quantitative estimate of drug-likeness (QED) is 0.680. The summed E-state index contributed by atoms with van der Waals surface area (Å²) in [5.41, 5.74) is 4.69. The monoisotopic (exact) mass is 369 g/mol. The first-order valence-electron chi connectivity index (χ1n) is 9.92. The summed E-state index contributed by atoms with van der Waals surface area (Å²) < 4.78 is 6.13. The highest BCUT2D eigenvalue weighted by Crippen LogP contribution is 2.40. The van der Waals surface area contributed by atoms with Gasteiger partial charge in [0.05, 0.1) is 18.6 Å². The molecule has 0 bridgehead atoms. The number of carbonyl (C=O) groups is 1. The normalized spacial score (nSPS) is 23.8. The zero-order chi connectivity index (χ0) is 18.9. The number of hydrogen-bond donors (Lipinski definition) is 0. The van der Waals surface area contributed by atoms with Gasteiger partial charge in [-0.25, -0.2) is 0 Å². The number of ether oxygens (including phenoxy) is 1. The molecule has 3 atom stereocenters. The minimum atomic E-state index is -0.195. The molecule has 3 nitrogen and oxygen atoms in total. The van der Waals surface area contributed by atoms with Gasteiger partial charge in [0.1, 0.15) is 6.23 Å². The Hall–Kier alpha value is -2.91. The third kappa shape index (κ3) is 3.02. The molecule has 0 aromatic heterocycles. The van der Waals surface area contributed by atoms with E-state index in [1.807, 2.05) is 47.4 Å². The van der Waals surface area contributed by atoms with Gasteiger partial charge in [-0.15, -0.1) is 0 Å². The van der Waals surface area contributed by atoms with Crippen LogP contribution in [0, 0.1) is 0 Å². The lowest BCUT2D eigenvalue weighted by atomic mass is 9.88. The molecule has 28 heavy (non-hydrogen) atoms. The molecule has 3 aromatic carbocycles. The predicted molar refractivity (Wildman–Crippen MR) is 109 cm³/mol. The molecule has 0 unspecified atom stereocenters. The molecule has 1 amide bonds. The Morgan fingerprint density at radius 3 is 2.32 bits per heavy atom. The van der Waals surface area contributed by atoms with Gasteiger partial charge in [0.25, 0.3) is 0 Å². The molecule has 3 aromatic rings. The van der Waals surface area contributed by atoms with Crippen molar-refractivity contribution in [2.24, 2.45) is 0 Å². The van der Waals surface area contributed by atoms with E-state index in [2.05, 4.69) is 42.5 Å². The van der Waals surface area contributed by atoms with Gasteiger partial charge in [0.2, 0.25) is 5.91 Å². The van der Waals surface area contributed by atoms with Crippen molar-refractivity contribution in [1.82, 2.24) is 4.90 Å². The first-order chi connectivity index (χ1) is 13.8. The summed E-state index contributed by atoms with van der Waals surface area (Å²) in [7, 11) is 0. The molecule has 1 fully saturated rings. The fraction of sp³-hybridized carbons (Fsp3) is 0.240. The Bertz CT molecular complexity index is 970. The van der Waals surface area contributed by atoms with Crippen molar-refractivity contribution in [3.63, 3.8) is 0 Å². The average molecular weight is 369 g/mol. The Balaban J connectivity index is 1.56. The van der Waals surface area contributed by atoms with Crippen molar-refractivity contribution in [1.29, 1.82) is 0 Å². The number of rotatable bonds is 3. The second kappa shape index (κ2) is 7.25. The minimum Gasteiger partial charge on any atom is -0.355 e. The van der Waals surface area contributed by atoms with Gasteiger partial charge < -0.3 is 9.64 Å². The van der Waals surface area contributed by atoms with E-state index >= 15 is 0 Å². The maximum atomic E-state index is 13.8. The highest BCUT2D eigenvalue weighted by Gasteiger charge is 2.44. The first kappa shape index (κ1) is 17.2. The van der Waals surface area contributed by atoms with Crippen molar-refractivity contribution in [3.05, 3.63) is 107 Å². The lowest BCUT2D eigenvalue weighted by Gasteiger charge is -2.29. The molecule has 5 rings (SSSR count). The largest absolute Gasteiger partial charge is 0.355 e. The number of amides is 1. The highest BCUT2D eigenvalue weighted by atomic mass is 16.5. The number of benzene rings is 3. The van der Waals surface area contributed by atoms with Gasteiger partial charge in [-0.2, -0.15) is 0 Å². The maximum Gasteiger partial charge on any atom is 0.233 e. The van der Waals surface area contributed by atoms with Crippen LogP contribution in [0.5, 0.6) is 0 Å². The summed E-state index contributed by atoms with van der Waals surface area (Å²) in [6.45, 7) is 0.556. The average Bonchev–Trinajstić information content (AvgIpc) is 3.12. The summed E-state index contributed by atoms with van der Waals surface area (Å²) in [6.07, 6.45) is 1.26. The lowest BCUT2D eigenvalue weighted by Crippen LogP contribution is -2.40. The molecule has 140 valence electrons. The fourth-order valence-electron chi connectivity index (χ4n) is 4.56. The van der Waals surface area contributed by atoms with Gasteiger partial charge in [-0.1, -0.05) is 84.9 Å². The van der Waals surface area contributed by atoms with Crippen molar-refractivity contribution in [3.8, 4) is 0 Å². The number of carbonyl (C=O) groups excluding carboxylic acids is 1. The Morgan fingerprint density at radius 2 is 1.54 bits per heavy atom. The molecule has 1 saturated heterocycles. The fourth-order valence-corrected chi connectivity index (χ4v) is 4.56. The zero-order valence-electron chi connectivity index (χ0n) is 15.7. The predicted octanol–water partition coefficient (Wildman–Crippen LogP) is 4.50. The molecule has 0 aliphatic carbocycles. The molecule has 0 N–H and O–H groups in total. The Kier molecular flexibility index (Phi) is 4.46. The van der Waals surface area contributed by atoms with E-state index in [4.69, 9.17) is 4.74 Å². The van der Waals surface area contributed by atoms with E-state index in [0.29, 0.717) is 13.0 Å². The van der Waals surface area contributed by atoms with Gasteiger partial charge in [0.15, 0.2) is 0 Å². The van der Waals surface area contributed by atoms with Crippen LogP contribution >= 0.6 is 0 Å². The molecular weight excluding hydrogens is 346 g/mol. The number of nitrogens with zero attached hydrogens (tertiary/aromatic N) is 1. The molecule has 0 radical (unpaired) electrons. The van der Waals surface area contributed by atoms with E-state index in [1.165, 1.54) is 11.1 Å². The van der Waals surface area contributed by atoms with E-state index < -0.39 is 0 Å². The van der Waals surface area contributed by atoms with Gasteiger partial charge >= 0.3 is 0 Å². The molecule has 0 saturated carbocycles. The topological polar surface area (TPSA) is 29.5 Å². The summed E-state index contributed by atoms with van der Waals surface area (Å²) in [5, 5.41) is 0. The van der Waals surface area contributed by atoms with Crippen LogP contribution in [0.4, 0.5) is 0 Å². The molecule has 2 aliphatic heterocycles. The minimum absolute atomic E-state index is 0.0220. The van der Waals surface area contributed by atoms with Gasteiger partial charge in [0, 0.05) is 6.42 Å². The first-order valence-corrected chi connectivity index (χ1v) is 9.92. The van der Waals surface area contributed by atoms with Crippen LogP contribution in [0.25, 0.3) is 0 Å². The third-order valence-corrected chi connectivity index (χ3v) is 5.94. The lowest BCUT2D eigenvalue weighted by molar-refractivity contribution is -0.138. The van der Waals surface area contributed by atoms with Crippen LogP contribution in [0.3, 0.4) is 0 Å². The molecule has 0 spiro atoms. The van der Waals surface area contributed by atoms with Crippen LogP contribution < -0.4 is 0 Å².